The van der Waals surface area contributed by atoms with Gasteiger partial charge in [0, 0.05) is 6.42 Å². The van der Waals surface area contributed by atoms with Crippen LogP contribution in [-0.2, 0) is 25.4 Å². The molecule has 1 N–H and O–H groups in total. The molecule has 8 aromatic rings. The van der Waals surface area contributed by atoms with E-state index in [4.69, 9.17) is 38.1 Å². The van der Waals surface area contributed by atoms with Gasteiger partial charge in [0.25, 0.3) is 0 Å². The first-order valence-corrected chi connectivity index (χ1v) is 26.0. The van der Waals surface area contributed by atoms with Gasteiger partial charge in [-0.3, -0.25) is 4.57 Å². The molecule has 378 valence electrons. The highest BCUT2D eigenvalue weighted by molar-refractivity contribution is 7.99. The second-order valence-corrected chi connectivity index (χ2v) is 19.2. The summed E-state index contributed by atoms with van der Waals surface area (Å²) in [6.07, 6.45) is 6.46. The molecule has 3 heterocycles. The van der Waals surface area contributed by atoms with Gasteiger partial charge in [0.1, 0.15) is 63.4 Å². The number of rotatable bonds is 24. The molecule has 0 amide bonds. The number of methoxy groups -OCH3 is 4. The predicted octanol–water partition coefficient (Wildman–Crippen LogP) is 12.0. The second-order valence-electron chi connectivity index (χ2n) is 18.1. The van der Waals surface area contributed by atoms with Crippen LogP contribution in [0.2, 0.25) is 0 Å². The molecule has 0 bridgehead atoms. The minimum absolute atomic E-state index is 0.0154. The average molecular weight is 1000 g/mol. The number of imidazole rings is 1. The second kappa shape index (κ2) is 23.9. The Kier molecular flexibility index (Phi) is 16.7. The lowest BCUT2D eigenvalue weighted by Crippen LogP contribution is -2.38. The van der Waals surface area contributed by atoms with E-state index < -0.39 is 29.6 Å². The molecule has 1 fully saturated rings. The van der Waals surface area contributed by atoms with Crippen LogP contribution in [0.15, 0.2) is 175 Å². The minimum Gasteiger partial charge on any atom is -0.497 e. The van der Waals surface area contributed by atoms with Gasteiger partial charge in [0.2, 0.25) is 0 Å². The summed E-state index contributed by atoms with van der Waals surface area (Å²) in [5.74, 6) is 3.91. The molecule has 0 spiro atoms. The van der Waals surface area contributed by atoms with Crippen LogP contribution in [0.3, 0.4) is 0 Å². The molecule has 1 aliphatic heterocycles. The van der Waals surface area contributed by atoms with Gasteiger partial charge >= 0.3 is 0 Å². The third kappa shape index (κ3) is 11.0. The van der Waals surface area contributed by atoms with Crippen molar-refractivity contribution in [2.24, 2.45) is 0 Å². The van der Waals surface area contributed by atoms with Crippen LogP contribution in [0, 0.1) is 0 Å². The third-order valence-corrected chi connectivity index (χ3v) is 14.9. The highest BCUT2D eigenvalue weighted by atomic mass is 32.2. The van der Waals surface area contributed by atoms with Gasteiger partial charge in [-0.05, 0) is 107 Å². The number of aliphatic hydroxyl groups is 1. The number of unbranched alkanes of at least 4 members (excludes halogenated alkanes) is 2. The lowest BCUT2D eigenvalue weighted by atomic mass is 9.79. The molecule has 73 heavy (non-hydrogen) atoms. The quantitative estimate of drug-likeness (QED) is 0.0268. The summed E-state index contributed by atoms with van der Waals surface area (Å²) < 4.78 is 45.2. The van der Waals surface area contributed by atoms with Crippen LogP contribution in [-0.4, -0.2) is 83.7 Å². The topological polar surface area (TPSA) is 128 Å². The fraction of sp³-hybridized carbons (Fsp3) is 0.317. The summed E-state index contributed by atoms with van der Waals surface area (Å²) in [5.41, 5.74) is 5.27. The fourth-order valence-electron chi connectivity index (χ4n) is 9.91. The first-order chi connectivity index (χ1) is 35.8. The Hall–Kier alpha value is -6.74. The number of fused-ring (bicyclic) bond motifs is 1. The summed E-state index contributed by atoms with van der Waals surface area (Å²) in [7, 11) is 6.67. The lowest BCUT2D eigenvalue weighted by molar-refractivity contribution is -0.0931. The Labute approximate surface area is 432 Å². The zero-order valence-corrected chi connectivity index (χ0v) is 43.0. The number of nitrogens with zero attached hydrogens (tertiary/aromatic N) is 4. The third-order valence-electron chi connectivity index (χ3n) is 13.9. The van der Waals surface area contributed by atoms with E-state index >= 15 is 0 Å². The smallest absolute Gasteiger partial charge is 0.166 e. The van der Waals surface area contributed by atoms with Crippen LogP contribution in [0.4, 0.5) is 0 Å². The molecule has 1 unspecified atom stereocenters. The molecule has 0 radical (unpaired) electrons. The van der Waals surface area contributed by atoms with Crippen molar-refractivity contribution in [3.8, 4) is 23.0 Å². The summed E-state index contributed by atoms with van der Waals surface area (Å²) in [6, 6.07) is 52.8. The maximum Gasteiger partial charge on any atom is 0.166 e. The molecule has 0 saturated carbocycles. The van der Waals surface area contributed by atoms with E-state index in [1.54, 1.807) is 52.9 Å². The van der Waals surface area contributed by atoms with Crippen molar-refractivity contribution in [3.63, 3.8) is 0 Å². The number of benzene rings is 6. The molecular formula is C60H64N4O8S. The number of hydrogen-bond donors (Lipinski definition) is 1. The van der Waals surface area contributed by atoms with Crippen LogP contribution < -0.4 is 18.9 Å². The highest BCUT2D eigenvalue weighted by Gasteiger charge is 2.43. The molecule has 4 atom stereocenters. The Bertz CT molecular complexity index is 2860. The van der Waals surface area contributed by atoms with Gasteiger partial charge in [-0.1, -0.05) is 129 Å². The van der Waals surface area contributed by atoms with Crippen molar-refractivity contribution in [1.82, 2.24) is 19.5 Å². The number of ether oxygens (including phenoxy) is 7. The molecule has 1 saturated heterocycles. The van der Waals surface area contributed by atoms with Crippen LogP contribution in [0.5, 0.6) is 23.0 Å². The minimum atomic E-state index is -1.06. The maximum atomic E-state index is 11.6. The molecule has 13 heteroatoms. The average Bonchev–Trinajstić information content (AvgIpc) is 4.07. The van der Waals surface area contributed by atoms with Crippen LogP contribution in [0.1, 0.15) is 85.1 Å². The number of thioether (sulfide) groups is 1. The molecule has 6 aromatic carbocycles. The first-order valence-electron chi connectivity index (χ1n) is 25.0. The molecular weight excluding hydrogens is 937 g/mol. The molecule has 9 rings (SSSR count). The van der Waals surface area contributed by atoms with E-state index in [1.807, 2.05) is 102 Å². The predicted molar refractivity (Wildman–Crippen MR) is 285 cm³/mol. The lowest BCUT2D eigenvalue weighted by Gasteiger charge is -2.39. The van der Waals surface area contributed by atoms with Gasteiger partial charge in [-0.2, -0.15) is 0 Å². The van der Waals surface area contributed by atoms with E-state index in [0.717, 1.165) is 99.3 Å². The highest BCUT2D eigenvalue weighted by Crippen LogP contribution is 2.45. The summed E-state index contributed by atoms with van der Waals surface area (Å²) >= 11 is 1.68. The van der Waals surface area contributed by atoms with Gasteiger partial charge in [-0.15, -0.1) is 11.8 Å². The van der Waals surface area contributed by atoms with E-state index in [-0.39, 0.29) is 12.7 Å². The van der Waals surface area contributed by atoms with Crippen molar-refractivity contribution in [2.45, 2.75) is 86.2 Å². The van der Waals surface area contributed by atoms with E-state index in [9.17, 15) is 5.11 Å². The summed E-state index contributed by atoms with van der Waals surface area (Å²) in [6.45, 7) is 2.30. The zero-order valence-electron chi connectivity index (χ0n) is 42.1. The van der Waals surface area contributed by atoms with Gasteiger partial charge < -0.3 is 38.3 Å². The zero-order chi connectivity index (χ0) is 50.6. The fourth-order valence-corrected chi connectivity index (χ4v) is 10.9. The first kappa shape index (κ1) is 51.2. The monoisotopic (exact) mass is 1000 g/mol. The van der Waals surface area contributed by atoms with Crippen LogP contribution in [0.25, 0.3) is 11.2 Å². The Morgan fingerprint density at radius 2 is 1.08 bits per heavy atom. The van der Waals surface area contributed by atoms with Gasteiger partial charge in [0.15, 0.2) is 5.65 Å². The Morgan fingerprint density at radius 3 is 1.58 bits per heavy atom. The molecule has 12 nitrogen and oxygen atoms in total. The number of hydrogen-bond acceptors (Lipinski definition) is 12. The van der Waals surface area contributed by atoms with Crippen molar-refractivity contribution in [1.29, 1.82) is 0 Å². The normalized spacial score (nSPS) is 16.3. The van der Waals surface area contributed by atoms with Crippen LogP contribution >= 0.6 is 11.8 Å². The van der Waals surface area contributed by atoms with Crippen molar-refractivity contribution in [3.05, 3.63) is 204 Å². The molecule has 1 aliphatic rings. The van der Waals surface area contributed by atoms with Crippen molar-refractivity contribution in [2.75, 3.05) is 40.8 Å². The Morgan fingerprint density at radius 1 is 0.603 bits per heavy atom. The van der Waals surface area contributed by atoms with E-state index in [2.05, 4.69) is 77.6 Å². The summed E-state index contributed by atoms with van der Waals surface area (Å²) in [5, 5.41) is 12.4. The largest absolute Gasteiger partial charge is 0.497 e. The SMILES string of the molecule is CCC(CCCCCSc1ncnc2c1ncn2[C@H]1C[C@H](O)[C@@H](COC(c2ccccc2)(c2ccc(OC)cc2)c2ccc(OC)cc2)O1)OC(c1ccccc1)(c1ccc(OC)cc1)c1ccc(OC)cc1. The number of aliphatic hydroxyl groups excluding tert-OH is 1. The Balaban J connectivity index is 0.854. The van der Waals surface area contributed by atoms with Gasteiger partial charge in [0.05, 0.1) is 53.6 Å². The van der Waals surface area contributed by atoms with Gasteiger partial charge in [-0.25, -0.2) is 15.0 Å². The standard InChI is InChI=1S/C60H64N4O8S/c1-6-48(72-60(43-18-12-8-13-19-43,46-25-33-51(68-4)34-26-46)47-27-35-52(69-5)36-28-47)20-14-9-15-37-73-58-56-57(61-40-62-58)64(41-63-56)55-38-53(65)54(71-55)39-70-59(42-16-10-7-11-17-42,44-21-29-49(66-2)30-22-44)45-23-31-50(67-3)32-24-45/h7-8,10-13,16-19,21-36,40-41,48,53-55,65H,6,9,14-15,20,37-39H2,1-5H3/t48?,53-,54+,55+/m0/s1. The molecule has 2 aromatic heterocycles. The number of aromatic nitrogens is 4. The van der Waals surface area contributed by atoms with Crippen molar-refractivity contribution >= 4 is 22.9 Å². The van der Waals surface area contributed by atoms with E-state index in [1.165, 1.54) is 0 Å². The van der Waals surface area contributed by atoms with E-state index in [0.29, 0.717) is 17.6 Å². The molecule has 0 aliphatic carbocycles. The van der Waals surface area contributed by atoms with Crippen molar-refractivity contribution < 1.29 is 38.3 Å². The maximum absolute atomic E-state index is 11.6. The summed E-state index contributed by atoms with van der Waals surface area (Å²) in [4.78, 5) is 14.1.